The normalized spacial score (nSPS) is 17.2. The monoisotopic (exact) mass is 458 g/mol. The molecule has 1 N–H and O–H groups in total. The van der Waals surface area contributed by atoms with Crippen molar-refractivity contribution in [1.29, 1.82) is 0 Å². The molecule has 174 valence electrons. The van der Waals surface area contributed by atoms with Crippen LogP contribution in [0.2, 0.25) is 0 Å². The second-order valence-electron chi connectivity index (χ2n) is 8.57. The standard InChI is InChI=1S/C24H34N4O3S/c1-19-9-5-6-10-21(19)18-27-13-8-14-28(16-15-27)20(2)24(29)25-22-11-7-12-23(17-22)32(30,31)26(3)4/h5-7,9-12,17,20H,8,13-16,18H2,1-4H3,(H,25,29). The minimum Gasteiger partial charge on any atom is -0.325 e. The first-order valence-corrected chi connectivity index (χ1v) is 12.5. The molecule has 32 heavy (non-hydrogen) atoms. The Morgan fingerprint density at radius 3 is 2.53 bits per heavy atom. The van der Waals surface area contributed by atoms with E-state index in [1.54, 1.807) is 12.1 Å². The average molecular weight is 459 g/mol. The Balaban J connectivity index is 1.60. The molecule has 0 bridgehead atoms. The summed E-state index contributed by atoms with van der Waals surface area (Å²) in [7, 11) is -0.569. The van der Waals surface area contributed by atoms with Gasteiger partial charge >= 0.3 is 0 Å². The fraction of sp³-hybridized carbons (Fsp3) is 0.458. The van der Waals surface area contributed by atoms with E-state index < -0.39 is 10.0 Å². The lowest BCUT2D eigenvalue weighted by Crippen LogP contribution is -2.43. The number of anilines is 1. The number of amides is 1. The van der Waals surface area contributed by atoms with Gasteiger partial charge in [0.2, 0.25) is 15.9 Å². The van der Waals surface area contributed by atoms with Crippen molar-refractivity contribution in [1.82, 2.24) is 14.1 Å². The maximum absolute atomic E-state index is 12.9. The number of rotatable bonds is 7. The lowest BCUT2D eigenvalue weighted by molar-refractivity contribution is -0.120. The molecule has 1 unspecified atom stereocenters. The summed E-state index contributed by atoms with van der Waals surface area (Å²) in [4.78, 5) is 17.7. The summed E-state index contributed by atoms with van der Waals surface area (Å²) < 4.78 is 25.9. The summed E-state index contributed by atoms with van der Waals surface area (Å²) in [5.74, 6) is -0.128. The summed E-state index contributed by atoms with van der Waals surface area (Å²) in [5.41, 5.74) is 3.14. The Kier molecular flexibility index (Phi) is 8.05. The highest BCUT2D eigenvalue weighted by Crippen LogP contribution is 2.19. The Morgan fingerprint density at radius 1 is 1.06 bits per heavy atom. The van der Waals surface area contributed by atoms with Gasteiger partial charge in [0, 0.05) is 46.0 Å². The largest absolute Gasteiger partial charge is 0.325 e. The SMILES string of the molecule is Cc1ccccc1CN1CCCN(C(C)C(=O)Nc2cccc(S(=O)(=O)N(C)C)c2)CC1. The zero-order chi connectivity index (χ0) is 23.3. The van der Waals surface area contributed by atoms with E-state index in [1.165, 1.54) is 37.4 Å². The molecule has 1 amide bonds. The highest BCUT2D eigenvalue weighted by Gasteiger charge is 2.25. The Labute approximate surface area is 192 Å². The molecule has 3 rings (SSSR count). The molecule has 2 aromatic rings. The Morgan fingerprint density at radius 2 is 1.81 bits per heavy atom. The minimum atomic E-state index is -3.55. The van der Waals surface area contributed by atoms with E-state index in [0.717, 1.165) is 43.4 Å². The molecular formula is C24H34N4O3S. The van der Waals surface area contributed by atoms with Crippen LogP contribution in [0.15, 0.2) is 53.4 Å². The molecule has 0 radical (unpaired) electrons. The minimum absolute atomic E-state index is 0.128. The van der Waals surface area contributed by atoms with Crippen LogP contribution in [-0.2, 0) is 21.4 Å². The zero-order valence-corrected chi connectivity index (χ0v) is 20.2. The number of hydrogen-bond acceptors (Lipinski definition) is 5. The van der Waals surface area contributed by atoms with Crippen LogP contribution < -0.4 is 5.32 Å². The fourth-order valence-corrected chi connectivity index (χ4v) is 4.87. The van der Waals surface area contributed by atoms with Crippen molar-refractivity contribution in [2.45, 2.75) is 37.8 Å². The van der Waals surface area contributed by atoms with Crippen LogP contribution in [0.5, 0.6) is 0 Å². The molecular weight excluding hydrogens is 424 g/mol. The number of hydrogen-bond donors (Lipinski definition) is 1. The van der Waals surface area contributed by atoms with Gasteiger partial charge in [-0.25, -0.2) is 12.7 Å². The highest BCUT2D eigenvalue weighted by molar-refractivity contribution is 7.89. The number of benzene rings is 2. The van der Waals surface area contributed by atoms with Crippen LogP contribution in [0.4, 0.5) is 5.69 Å². The molecule has 0 aliphatic carbocycles. The predicted molar refractivity (Wildman–Crippen MR) is 128 cm³/mol. The summed E-state index contributed by atoms with van der Waals surface area (Å²) in [6, 6.07) is 14.6. The van der Waals surface area contributed by atoms with Crippen molar-refractivity contribution in [3.05, 3.63) is 59.7 Å². The molecule has 1 heterocycles. The first-order valence-electron chi connectivity index (χ1n) is 11.0. The molecule has 0 aromatic heterocycles. The lowest BCUT2D eigenvalue weighted by atomic mass is 10.1. The Hall–Kier alpha value is -2.26. The van der Waals surface area contributed by atoms with Gasteiger partial charge < -0.3 is 5.32 Å². The van der Waals surface area contributed by atoms with Gasteiger partial charge in [-0.3, -0.25) is 14.6 Å². The second-order valence-corrected chi connectivity index (χ2v) is 10.7. The topological polar surface area (TPSA) is 73.0 Å². The lowest BCUT2D eigenvalue weighted by Gasteiger charge is -2.27. The molecule has 1 fully saturated rings. The van der Waals surface area contributed by atoms with Gasteiger partial charge in [0.05, 0.1) is 10.9 Å². The van der Waals surface area contributed by atoms with Gasteiger partial charge in [0.1, 0.15) is 0 Å². The van der Waals surface area contributed by atoms with Crippen LogP contribution in [0.3, 0.4) is 0 Å². The van der Waals surface area contributed by atoms with Crippen LogP contribution in [0.25, 0.3) is 0 Å². The maximum Gasteiger partial charge on any atom is 0.242 e. The summed E-state index contributed by atoms with van der Waals surface area (Å²) in [6.45, 7) is 8.56. The molecule has 0 saturated carbocycles. The van der Waals surface area contributed by atoms with E-state index in [-0.39, 0.29) is 16.8 Å². The smallest absolute Gasteiger partial charge is 0.242 e. The van der Waals surface area contributed by atoms with Gasteiger partial charge in [-0.2, -0.15) is 0 Å². The van der Waals surface area contributed by atoms with Gasteiger partial charge in [0.25, 0.3) is 0 Å². The van der Waals surface area contributed by atoms with E-state index in [9.17, 15) is 13.2 Å². The number of carbonyl (C=O) groups is 1. The average Bonchev–Trinajstić information content (AvgIpc) is 3.00. The third-order valence-electron chi connectivity index (χ3n) is 6.09. The first-order chi connectivity index (χ1) is 15.2. The number of nitrogens with zero attached hydrogens (tertiary/aromatic N) is 3. The van der Waals surface area contributed by atoms with E-state index >= 15 is 0 Å². The van der Waals surface area contributed by atoms with Crippen LogP contribution in [-0.4, -0.2) is 74.7 Å². The van der Waals surface area contributed by atoms with Crippen LogP contribution in [0.1, 0.15) is 24.5 Å². The van der Waals surface area contributed by atoms with Crippen molar-refractivity contribution in [3.63, 3.8) is 0 Å². The molecule has 1 atom stereocenters. The van der Waals surface area contributed by atoms with Crippen LogP contribution in [0, 0.1) is 6.92 Å². The number of aryl methyl sites for hydroxylation is 1. The van der Waals surface area contributed by atoms with E-state index in [0.29, 0.717) is 5.69 Å². The van der Waals surface area contributed by atoms with Gasteiger partial charge in [-0.15, -0.1) is 0 Å². The van der Waals surface area contributed by atoms with Gasteiger partial charge in [-0.05, 0) is 56.1 Å². The summed E-state index contributed by atoms with van der Waals surface area (Å²) in [5, 5.41) is 2.89. The third-order valence-corrected chi connectivity index (χ3v) is 7.90. The molecule has 8 heteroatoms. The maximum atomic E-state index is 12.9. The fourth-order valence-electron chi connectivity index (χ4n) is 3.92. The third kappa shape index (κ3) is 5.95. The van der Waals surface area contributed by atoms with Gasteiger partial charge in [-0.1, -0.05) is 30.3 Å². The predicted octanol–water partition coefficient (Wildman–Crippen LogP) is 2.78. The number of sulfonamides is 1. The summed E-state index contributed by atoms with van der Waals surface area (Å²) in [6.07, 6.45) is 1.00. The molecule has 1 aliphatic rings. The van der Waals surface area contributed by atoms with E-state index in [1.807, 2.05) is 6.92 Å². The highest BCUT2D eigenvalue weighted by atomic mass is 32.2. The number of nitrogens with one attached hydrogen (secondary N) is 1. The van der Waals surface area contributed by atoms with Crippen molar-refractivity contribution in [3.8, 4) is 0 Å². The van der Waals surface area contributed by atoms with Crippen molar-refractivity contribution in [2.75, 3.05) is 45.6 Å². The number of carbonyl (C=O) groups excluding carboxylic acids is 1. The van der Waals surface area contributed by atoms with Crippen molar-refractivity contribution >= 4 is 21.6 Å². The second kappa shape index (κ2) is 10.6. The Bertz CT molecular complexity index is 1040. The molecule has 0 spiro atoms. The molecule has 1 saturated heterocycles. The van der Waals surface area contributed by atoms with Crippen LogP contribution >= 0.6 is 0 Å². The molecule has 1 aliphatic heterocycles. The summed E-state index contributed by atoms with van der Waals surface area (Å²) >= 11 is 0. The molecule has 7 nitrogen and oxygen atoms in total. The van der Waals surface area contributed by atoms with Gasteiger partial charge in [0.15, 0.2) is 0 Å². The quantitative estimate of drug-likeness (QED) is 0.691. The van der Waals surface area contributed by atoms with E-state index in [4.69, 9.17) is 0 Å². The molecule has 2 aromatic carbocycles. The first kappa shape index (κ1) is 24.4. The van der Waals surface area contributed by atoms with E-state index in [2.05, 4.69) is 46.3 Å². The van der Waals surface area contributed by atoms with Crippen molar-refractivity contribution < 1.29 is 13.2 Å². The zero-order valence-electron chi connectivity index (χ0n) is 19.4. The van der Waals surface area contributed by atoms with Crippen molar-refractivity contribution in [2.24, 2.45) is 0 Å².